The van der Waals surface area contributed by atoms with E-state index in [0.717, 1.165) is 48.6 Å². The van der Waals surface area contributed by atoms with E-state index in [-0.39, 0.29) is 224 Å². The summed E-state index contributed by atoms with van der Waals surface area (Å²) in [4.78, 5) is 22.8. The number of benzene rings is 4. The van der Waals surface area contributed by atoms with Crippen molar-refractivity contribution in [2.75, 3.05) is 58.2 Å². The zero-order valence-electron chi connectivity index (χ0n) is 37.3. The average Bonchev–Trinajstić information content (AvgIpc) is 3.23. The second-order valence-electron chi connectivity index (χ2n) is 13.2. The van der Waals surface area contributed by atoms with Gasteiger partial charge in [-0.15, -0.1) is 0 Å². The molecule has 34 heteroatoms. The number of nitrogens with zero attached hydrogens (tertiary/aromatic N) is 6. The number of hydrogen-bond donors (Lipinski definition) is 10. The smallest absolute Gasteiger partial charge is 0.744 e. The number of aliphatic hydroxyl groups is 2. The second-order valence-corrected chi connectivity index (χ2v) is 18.7. The van der Waals surface area contributed by atoms with Crippen LogP contribution in [0.5, 0.6) is 0 Å². The van der Waals surface area contributed by atoms with Gasteiger partial charge in [-0.1, -0.05) is 24.3 Å². The molecule has 26 nitrogen and oxygen atoms in total. The Balaban J connectivity index is 0.00000420. The summed E-state index contributed by atoms with van der Waals surface area (Å²) < 4.78 is 139. The first-order chi connectivity index (χ1) is 31.1. The molecule has 6 aromatic rings. The van der Waals surface area contributed by atoms with Gasteiger partial charge in [0.2, 0.25) is 35.7 Å². The SMILES string of the molecule is O=S(=O)([O-])c1cc(Nc2nc(NCCO)nc(Nc3ccc(S(=O)(=O)O)cc3)n2)ccc1C=Cc1ccc(Nc2nc(NCCO)nc(Nc3ccc(S(=O)(=O)O)cc3)n2)cc1S(=O)(=O)[O-].[Na+].[Na+].[Na+].[Na+]. The standard InChI is InChI=1S/C36H36N12O14S4.4Na/c49-17-15-37-31-43-33(39-23-7-11-27(12-8-23)63(51,52)53)47-35(45-31)41-25-5-3-21(29(19-25)65(57,58)59)1-2-22-4-6-26(20-30(22)66(60,61)62)42-36-46-32(38-16-18-50)44-34(48-36)40-24-9-13-28(14-10-24)64(54,55)56;;;;/h1-14,19-20,49-50H,15-18H2,(H,51,52,53)(H,54,55,56)(H,57,58,59)(H,60,61,62)(H3,37,39,41,43,45,47)(H3,38,40,42,44,46,48);;;;/q;4*+1/p-2. The Morgan fingerprint density at radius 1 is 0.429 bits per heavy atom. The Labute approximate surface area is 489 Å². The van der Waals surface area contributed by atoms with Crippen molar-refractivity contribution >= 4 is 111 Å². The zero-order chi connectivity index (χ0) is 47.9. The van der Waals surface area contributed by atoms with Crippen molar-refractivity contribution < 1.29 is 180 Å². The number of aliphatic hydroxyl groups excluding tert-OH is 2. The molecule has 0 fully saturated rings. The molecule has 6 rings (SSSR count). The number of nitrogens with one attached hydrogen (secondary N) is 6. The summed E-state index contributed by atoms with van der Waals surface area (Å²) >= 11 is 0. The van der Waals surface area contributed by atoms with Gasteiger partial charge >= 0.3 is 118 Å². The molecule has 0 amide bonds. The van der Waals surface area contributed by atoms with Crippen molar-refractivity contribution in [2.24, 2.45) is 0 Å². The van der Waals surface area contributed by atoms with Gasteiger partial charge in [-0.25, -0.2) is 16.8 Å². The van der Waals surface area contributed by atoms with Gasteiger partial charge in [-0.05, 0) is 83.9 Å². The fourth-order valence-electron chi connectivity index (χ4n) is 5.52. The molecule has 0 atom stereocenters. The molecule has 348 valence electrons. The van der Waals surface area contributed by atoms with Gasteiger partial charge in [0.25, 0.3) is 20.2 Å². The van der Waals surface area contributed by atoms with Crippen molar-refractivity contribution in [3.05, 3.63) is 96.1 Å². The Morgan fingerprint density at radius 3 is 0.971 bits per heavy atom. The summed E-state index contributed by atoms with van der Waals surface area (Å²) in [7, 11) is -19.4. The van der Waals surface area contributed by atoms with Crippen molar-refractivity contribution in [3.8, 4) is 0 Å². The monoisotopic (exact) mass is 1080 g/mol. The molecule has 0 unspecified atom stereocenters. The van der Waals surface area contributed by atoms with Gasteiger partial charge in [0.05, 0.1) is 32.8 Å². The maximum absolute atomic E-state index is 12.5. The predicted molar refractivity (Wildman–Crippen MR) is 234 cm³/mol. The zero-order valence-corrected chi connectivity index (χ0v) is 48.5. The topological polar surface area (TPSA) is 413 Å². The molecule has 0 bridgehead atoms. The first-order valence-corrected chi connectivity index (χ1v) is 24.1. The first-order valence-electron chi connectivity index (χ1n) is 18.4. The molecular weight excluding hydrogens is 1040 g/mol. The maximum Gasteiger partial charge on any atom is 1.00 e. The normalized spacial score (nSPS) is 11.5. The van der Waals surface area contributed by atoms with Crippen LogP contribution in [0.1, 0.15) is 11.1 Å². The minimum atomic E-state index is -5.23. The Kier molecular flexibility index (Phi) is 24.6. The number of aromatic nitrogens is 6. The predicted octanol–water partition coefficient (Wildman–Crippen LogP) is -9.67. The Morgan fingerprint density at radius 2 is 0.700 bits per heavy atom. The van der Waals surface area contributed by atoms with E-state index >= 15 is 0 Å². The van der Waals surface area contributed by atoms with Crippen LogP contribution in [0.15, 0.2) is 105 Å². The number of anilines is 10. The summed E-state index contributed by atoms with van der Waals surface area (Å²) in [6, 6.07) is 16.6. The van der Waals surface area contributed by atoms with E-state index in [1.165, 1.54) is 48.5 Å². The van der Waals surface area contributed by atoms with Gasteiger partial charge in [0.1, 0.15) is 20.2 Å². The van der Waals surface area contributed by atoms with E-state index in [2.05, 4.69) is 61.8 Å². The fraction of sp³-hybridized carbons (Fsp3) is 0.111. The summed E-state index contributed by atoms with van der Waals surface area (Å²) in [6.45, 7) is -0.614. The third kappa shape index (κ3) is 18.5. The number of hydrogen-bond acceptors (Lipinski definition) is 24. The second kappa shape index (κ2) is 27.3. The molecule has 0 saturated heterocycles. The summed E-state index contributed by atoms with van der Waals surface area (Å²) in [5.74, 6) is -0.774. The largest absolute Gasteiger partial charge is 1.00 e. The van der Waals surface area contributed by atoms with E-state index in [0.29, 0.717) is 0 Å². The third-order valence-electron chi connectivity index (χ3n) is 8.40. The molecule has 70 heavy (non-hydrogen) atoms. The summed E-state index contributed by atoms with van der Waals surface area (Å²) in [6.07, 6.45) is 2.18. The summed E-state index contributed by atoms with van der Waals surface area (Å²) in [5, 5.41) is 35.2. The van der Waals surface area contributed by atoms with Crippen LogP contribution >= 0.6 is 0 Å². The van der Waals surface area contributed by atoms with Crippen LogP contribution < -0.4 is 150 Å². The Hall–Kier alpha value is -3.00. The van der Waals surface area contributed by atoms with E-state index in [4.69, 9.17) is 0 Å². The minimum absolute atomic E-state index is 0. The molecule has 0 aliphatic carbocycles. The van der Waals surface area contributed by atoms with Crippen molar-refractivity contribution in [1.82, 2.24) is 29.9 Å². The van der Waals surface area contributed by atoms with E-state index in [1.807, 2.05) is 0 Å². The molecule has 0 spiro atoms. The van der Waals surface area contributed by atoms with Crippen LogP contribution in [0, 0.1) is 0 Å². The maximum atomic E-state index is 12.5. The van der Waals surface area contributed by atoms with Gasteiger partial charge in [-0.3, -0.25) is 9.11 Å². The summed E-state index contributed by atoms with van der Waals surface area (Å²) in [5.41, 5.74) is 0.0745. The van der Waals surface area contributed by atoms with Crippen LogP contribution in [-0.2, 0) is 40.5 Å². The Bertz CT molecular complexity index is 3050. The van der Waals surface area contributed by atoms with Crippen LogP contribution in [0.2, 0.25) is 0 Å². The third-order valence-corrected chi connectivity index (χ3v) is 11.9. The van der Waals surface area contributed by atoms with Crippen LogP contribution in [0.4, 0.5) is 58.4 Å². The molecule has 0 aliphatic heterocycles. The van der Waals surface area contributed by atoms with Crippen LogP contribution in [0.25, 0.3) is 12.2 Å². The fourth-order valence-corrected chi connectivity index (χ4v) is 7.87. The van der Waals surface area contributed by atoms with Crippen molar-refractivity contribution in [2.45, 2.75) is 19.6 Å². The van der Waals surface area contributed by atoms with Gasteiger partial charge in [-0.2, -0.15) is 46.7 Å². The number of rotatable bonds is 20. The van der Waals surface area contributed by atoms with Crippen molar-refractivity contribution in [3.63, 3.8) is 0 Å². The van der Waals surface area contributed by atoms with Crippen molar-refractivity contribution in [1.29, 1.82) is 0 Å². The molecule has 2 heterocycles. The molecule has 10 N–H and O–H groups in total. The molecular formula is C36H34N12Na4O14S4+2. The van der Waals surface area contributed by atoms with Gasteiger partial charge < -0.3 is 51.2 Å². The minimum Gasteiger partial charge on any atom is -0.744 e. The van der Waals surface area contributed by atoms with Gasteiger partial charge in [0, 0.05) is 35.8 Å². The van der Waals surface area contributed by atoms with Crippen LogP contribution in [0.3, 0.4) is 0 Å². The molecule has 0 saturated carbocycles. The van der Waals surface area contributed by atoms with Crippen LogP contribution in [-0.4, -0.2) is 118 Å². The molecule has 2 aromatic heterocycles. The first kappa shape index (κ1) is 63.1. The molecule has 0 aliphatic rings. The van der Waals surface area contributed by atoms with E-state index in [9.17, 15) is 62.1 Å². The molecule has 0 radical (unpaired) electrons. The van der Waals surface area contributed by atoms with Gasteiger partial charge in [0.15, 0.2) is 0 Å². The van der Waals surface area contributed by atoms with E-state index in [1.54, 1.807) is 0 Å². The van der Waals surface area contributed by atoms with E-state index < -0.39 is 50.3 Å². The molecule has 4 aromatic carbocycles. The average molecular weight is 1080 g/mol. The quantitative estimate of drug-likeness (QED) is 0.0193.